The molecule has 1 rings (SSSR count). The van der Waals surface area contributed by atoms with Gasteiger partial charge < -0.3 is 37.9 Å². The van der Waals surface area contributed by atoms with Crippen LogP contribution in [0.25, 0.3) is 0 Å². The molecule has 0 fully saturated rings. The second-order valence-corrected chi connectivity index (χ2v) is 6.02. The molecule has 13 nitrogen and oxygen atoms in total. The third-order valence-electron chi connectivity index (χ3n) is 3.67. The molecule has 10 N–H and O–H groups in total. The zero-order valence-corrected chi connectivity index (χ0v) is 14.9. The Morgan fingerprint density at radius 1 is 1.07 bits per heavy atom. The molecule has 0 radical (unpaired) electrons. The van der Waals surface area contributed by atoms with E-state index in [2.05, 4.69) is 20.6 Å². The molecule has 1 heterocycles. The number of hydrogen-bond acceptors (Lipinski definition) is 7. The number of hydrogen-bond donors (Lipinski definition) is 7. The first-order valence-electron chi connectivity index (χ1n) is 8.23. The smallest absolute Gasteiger partial charge is 0.326 e. The average molecular weight is 397 g/mol. The van der Waals surface area contributed by atoms with Gasteiger partial charge in [-0.1, -0.05) is 0 Å². The summed E-state index contributed by atoms with van der Waals surface area (Å²) in [6, 6.07) is -3.89. The van der Waals surface area contributed by atoms with Crippen LogP contribution in [-0.4, -0.2) is 62.8 Å². The second kappa shape index (κ2) is 10.6. The number of nitrogens with zero attached hydrogens (tertiary/aromatic N) is 1. The summed E-state index contributed by atoms with van der Waals surface area (Å²) in [6.07, 6.45) is 1.95. The van der Waals surface area contributed by atoms with E-state index < -0.39 is 54.1 Å². The number of amides is 4. The summed E-state index contributed by atoms with van der Waals surface area (Å²) in [5.74, 6) is -4.61. The van der Waals surface area contributed by atoms with Crippen molar-refractivity contribution in [3.05, 3.63) is 18.2 Å². The Labute approximate surface area is 159 Å². The van der Waals surface area contributed by atoms with Crippen molar-refractivity contribution < 1.29 is 29.1 Å². The van der Waals surface area contributed by atoms with Gasteiger partial charge in [0.2, 0.25) is 23.6 Å². The Hall–Kier alpha value is -3.48. The van der Waals surface area contributed by atoms with Crippen molar-refractivity contribution in [1.29, 1.82) is 0 Å². The van der Waals surface area contributed by atoms with Crippen LogP contribution in [0.4, 0.5) is 0 Å². The lowest BCUT2D eigenvalue weighted by atomic mass is 10.1. The monoisotopic (exact) mass is 397 g/mol. The van der Waals surface area contributed by atoms with Crippen LogP contribution >= 0.6 is 0 Å². The van der Waals surface area contributed by atoms with Crippen LogP contribution in [0.15, 0.2) is 12.5 Å². The SMILES string of the molecule is NC(=O)CCC(N)C(=O)NC(Cc1cnc[nH]1)C(=O)NC(CC(N)=O)C(=O)O. The minimum atomic E-state index is -1.56. The molecule has 0 bridgehead atoms. The number of carboxylic acid groups (broad SMARTS) is 1. The molecule has 3 unspecified atom stereocenters. The number of aromatic amines is 1. The maximum absolute atomic E-state index is 12.5. The second-order valence-electron chi connectivity index (χ2n) is 6.02. The normalized spacial score (nSPS) is 13.8. The fourth-order valence-electron chi connectivity index (χ4n) is 2.21. The highest BCUT2D eigenvalue weighted by molar-refractivity contribution is 5.93. The summed E-state index contributed by atoms with van der Waals surface area (Å²) < 4.78 is 0. The minimum absolute atomic E-state index is 0.0288. The molecule has 13 heteroatoms. The average Bonchev–Trinajstić information content (AvgIpc) is 3.10. The van der Waals surface area contributed by atoms with Crippen molar-refractivity contribution in [1.82, 2.24) is 20.6 Å². The molecule has 0 aliphatic heterocycles. The first kappa shape index (κ1) is 22.6. The van der Waals surface area contributed by atoms with E-state index in [9.17, 15) is 24.0 Å². The van der Waals surface area contributed by atoms with Crippen LogP contribution in [-0.2, 0) is 30.4 Å². The fourth-order valence-corrected chi connectivity index (χ4v) is 2.21. The molecule has 0 saturated heterocycles. The van der Waals surface area contributed by atoms with Gasteiger partial charge in [0.15, 0.2) is 0 Å². The number of aliphatic carboxylic acids is 1. The van der Waals surface area contributed by atoms with E-state index >= 15 is 0 Å². The predicted molar refractivity (Wildman–Crippen MR) is 94.0 cm³/mol. The lowest BCUT2D eigenvalue weighted by Gasteiger charge is -2.22. The molecular formula is C15H23N7O6. The van der Waals surface area contributed by atoms with Crippen molar-refractivity contribution in [3.63, 3.8) is 0 Å². The third-order valence-corrected chi connectivity index (χ3v) is 3.67. The highest BCUT2D eigenvalue weighted by atomic mass is 16.4. The Kier molecular flexibility index (Phi) is 8.55. The van der Waals surface area contributed by atoms with Gasteiger partial charge >= 0.3 is 5.97 Å². The number of carbonyl (C=O) groups is 5. The molecule has 0 spiro atoms. The maximum atomic E-state index is 12.5. The van der Waals surface area contributed by atoms with Gasteiger partial charge in [-0.2, -0.15) is 0 Å². The third kappa shape index (κ3) is 7.82. The van der Waals surface area contributed by atoms with Crippen molar-refractivity contribution in [2.45, 2.75) is 43.8 Å². The lowest BCUT2D eigenvalue weighted by molar-refractivity contribution is -0.143. The van der Waals surface area contributed by atoms with Crippen LogP contribution in [0.1, 0.15) is 25.0 Å². The summed E-state index contributed by atoms with van der Waals surface area (Å²) in [4.78, 5) is 64.2. The van der Waals surface area contributed by atoms with Crippen LogP contribution in [0.2, 0.25) is 0 Å². The highest BCUT2D eigenvalue weighted by Crippen LogP contribution is 2.03. The van der Waals surface area contributed by atoms with Gasteiger partial charge in [-0.25, -0.2) is 9.78 Å². The first-order valence-corrected chi connectivity index (χ1v) is 8.23. The highest BCUT2D eigenvalue weighted by Gasteiger charge is 2.29. The Morgan fingerprint density at radius 3 is 2.21 bits per heavy atom. The van der Waals surface area contributed by atoms with Crippen LogP contribution in [0.5, 0.6) is 0 Å². The summed E-state index contributed by atoms with van der Waals surface area (Å²) in [5, 5.41) is 13.7. The lowest BCUT2D eigenvalue weighted by Crippen LogP contribution is -2.55. The number of aromatic nitrogens is 2. The van der Waals surface area contributed by atoms with Gasteiger partial charge in [0.1, 0.15) is 12.1 Å². The molecule has 0 saturated carbocycles. The molecule has 0 aliphatic rings. The van der Waals surface area contributed by atoms with E-state index in [4.69, 9.17) is 22.3 Å². The van der Waals surface area contributed by atoms with E-state index in [1.54, 1.807) is 0 Å². The molecule has 0 aromatic carbocycles. The number of H-pyrrole nitrogens is 1. The van der Waals surface area contributed by atoms with E-state index in [1.165, 1.54) is 12.5 Å². The summed E-state index contributed by atoms with van der Waals surface area (Å²) >= 11 is 0. The van der Waals surface area contributed by atoms with E-state index in [1.807, 2.05) is 0 Å². The zero-order valence-electron chi connectivity index (χ0n) is 14.9. The van der Waals surface area contributed by atoms with Crippen molar-refractivity contribution in [2.75, 3.05) is 0 Å². The van der Waals surface area contributed by atoms with Crippen molar-refractivity contribution in [3.8, 4) is 0 Å². The van der Waals surface area contributed by atoms with Gasteiger partial charge in [0.05, 0.1) is 18.8 Å². The molecule has 1 aromatic heterocycles. The number of imidazole rings is 1. The first-order chi connectivity index (χ1) is 13.1. The minimum Gasteiger partial charge on any atom is -0.480 e. The number of carbonyl (C=O) groups excluding carboxylic acids is 4. The van der Waals surface area contributed by atoms with E-state index in [-0.39, 0.29) is 19.3 Å². The van der Waals surface area contributed by atoms with Gasteiger partial charge in [-0.15, -0.1) is 0 Å². The van der Waals surface area contributed by atoms with Gasteiger partial charge in [-0.05, 0) is 6.42 Å². The molecule has 0 aliphatic carbocycles. The van der Waals surface area contributed by atoms with Crippen LogP contribution < -0.4 is 27.8 Å². The number of nitrogens with two attached hydrogens (primary N) is 3. The largest absolute Gasteiger partial charge is 0.480 e. The zero-order chi connectivity index (χ0) is 21.3. The number of rotatable bonds is 12. The predicted octanol–water partition coefficient (Wildman–Crippen LogP) is -3.53. The molecule has 1 aromatic rings. The Balaban J connectivity index is 2.87. The topological polar surface area (TPSA) is 236 Å². The number of primary amides is 2. The Morgan fingerprint density at radius 2 is 1.71 bits per heavy atom. The van der Waals surface area contributed by atoms with Crippen molar-refractivity contribution in [2.24, 2.45) is 17.2 Å². The van der Waals surface area contributed by atoms with Crippen LogP contribution in [0.3, 0.4) is 0 Å². The van der Waals surface area contributed by atoms with Gasteiger partial charge in [-0.3, -0.25) is 19.2 Å². The van der Waals surface area contributed by atoms with E-state index in [0.717, 1.165) is 0 Å². The molecule has 3 atom stereocenters. The van der Waals surface area contributed by atoms with Gasteiger partial charge in [0, 0.05) is 24.7 Å². The fraction of sp³-hybridized carbons (Fsp3) is 0.467. The maximum Gasteiger partial charge on any atom is 0.326 e. The standard InChI is InChI=1S/C15H23N7O6/c16-8(1-2-11(17)23)13(25)21-9(3-7-5-19-6-20-7)14(26)22-10(15(27)28)4-12(18)24/h5-6,8-10H,1-4,16H2,(H2,17,23)(H2,18,24)(H,19,20)(H,21,25)(H,22,26)(H,27,28). The molecule has 28 heavy (non-hydrogen) atoms. The van der Waals surface area contributed by atoms with Gasteiger partial charge in [0.25, 0.3) is 0 Å². The quantitative estimate of drug-likeness (QED) is 0.186. The summed E-state index contributed by atoms with van der Waals surface area (Å²) in [5.41, 5.74) is 16.1. The molecule has 4 amide bonds. The van der Waals surface area contributed by atoms with E-state index in [0.29, 0.717) is 5.69 Å². The molecule has 154 valence electrons. The number of nitrogens with one attached hydrogen (secondary N) is 3. The Bertz CT molecular complexity index is 720. The summed E-state index contributed by atoms with van der Waals surface area (Å²) in [7, 11) is 0. The summed E-state index contributed by atoms with van der Waals surface area (Å²) in [6.45, 7) is 0. The van der Waals surface area contributed by atoms with Crippen LogP contribution in [0, 0.1) is 0 Å². The van der Waals surface area contributed by atoms with Crippen molar-refractivity contribution >= 4 is 29.6 Å². The number of carboxylic acids is 1. The molecular weight excluding hydrogens is 374 g/mol.